The van der Waals surface area contributed by atoms with Gasteiger partial charge in [-0.25, -0.2) is 8.42 Å². The first-order valence-electron chi connectivity index (χ1n) is 6.33. The van der Waals surface area contributed by atoms with Gasteiger partial charge in [-0.05, 0) is 30.2 Å². The van der Waals surface area contributed by atoms with Crippen LogP contribution in [0.3, 0.4) is 0 Å². The minimum atomic E-state index is -3.10. The number of anilines is 1. The molecule has 1 fully saturated rings. The van der Waals surface area contributed by atoms with E-state index in [1.54, 1.807) is 0 Å². The Kier molecular flexibility index (Phi) is 3.92. The van der Waals surface area contributed by atoms with E-state index in [9.17, 15) is 8.42 Å². The topological polar surface area (TPSA) is 49.4 Å². The molecule has 1 saturated heterocycles. The van der Waals surface area contributed by atoms with E-state index in [0.717, 1.165) is 18.8 Å². The third kappa shape index (κ3) is 2.84. The van der Waals surface area contributed by atoms with Crippen LogP contribution in [-0.2, 0) is 16.6 Å². The third-order valence-electron chi connectivity index (χ3n) is 3.11. The molecule has 1 N–H and O–H groups in total. The highest BCUT2D eigenvalue weighted by atomic mass is 32.2. The lowest BCUT2D eigenvalue weighted by atomic mass is 10.2. The number of nitrogens with zero attached hydrogens (tertiary/aromatic N) is 1. The van der Waals surface area contributed by atoms with Gasteiger partial charge in [0.1, 0.15) is 0 Å². The van der Waals surface area contributed by atoms with E-state index in [2.05, 4.69) is 12.2 Å². The molecular formula is C13H20N2O2S. The molecule has 1 aliphatic heterocycles. The molecule has 1 heterocycles. The fourth-order valence-electron chi connectivity index (χ4n) is 2.21. The summed E-state index contributed by atoms with van der Waals surface area (Å²) in [4.78, 5) is 0. The molecule has 0 amide bonds. The van der Waals surface area contributed by atoms with Crippen LogP contribution < -0.4 is 9.62 Å². The van der Waals surface area contributed by atoms with Crippen molar-refractivity contribution in [3.8, 4) is 0 Å². The summed E-state index contributed by atoms with van der Waals surface area (Å²) in [6.45, 7) is 6.37. The third-order valence-corrected chi connectivity index (χ3v) is 5.13. The average Bonchev–Trinajstić information content (AvgIpc) is 2.60. The van der Waals surface area contributed by atoms with Crippen molar-refractivity contribution in [3.63, 3.8) is 0 Å². The molecule has 1 atom stereocenters. The van der Waals surface area contributed by atoms with Gasteiger partial charge in [0.05, 0.1) is 11.4 Å². The first-order chi connectivity index (χ1) is 8.53. The summed E-state index contributed by atoms with van der Waals surface area (Å²) in [5, 5.41) is 3.25. The number of hydrogen-bond donors (Lipinski definition) is 1. The molecule has 1 aromatic carbocycles. The van der Waals surface area contributed by atoms with E-state index in [1.807, 2.05) is 31.2 Å². The molecule has 100 valence electrons. The molecular weight excluding hydrogens is 248 g/mol. The van der Waals surface area contributed by atoms with Crippen molar-refractivity contribution in [3.05, 3.63) is 29.8 Å². The van der Waals surface area contributed by atoms with Crippen molar-refractivity contribution in [2.24, 2.45) is 5.92 Å². The number of nitrogens with one attached hydrogen (secondary N) is 1. The van der Waals surface area contributed by atoms with Gasteiger partial charge in [0.25, 0.3) is 0 Å². The second-order valence-electron chi connectivity index (χ2n) is 4.86. The summed E-state index contributed by atoms with van der Waals surface area (Å²) in [6.07, 6.45) is 0. The van der Waals surface area contributed by atoms with E-state index < -0.39 is 10.0 Å². The summed E-state index contributed by atoms with van der Waals surface area (Å²) in [5.74, 6) is 0.461. The van der Waals surface area contributed by atoms with Crippen LogP contribution in [0.15, 0.2) is 24.3 Å². The lowest BCUT2D eigenvalue weighted by molar-refractivity contribution is 0.598. The largest absolute Gasteiger partial charge is 0.313 e. The second kappa shape index (κ2) is 5.28. The van der Waals surface area contributed by atoms with Crippen LogP contribution in [0.2, 0.25) is 0 Å². The highest BCUT2D eigenvalue weighted by molar-refractivity contribution is 7.93. The highest BCUT2D eigenvalue weighted by Crippen LogP contribution is 2.26. The summed E-state index contributed by atoms with van der Waals surface area (Å²) < 4.78 is 25.4. The minimum Gasteiger partial charge on any atom is -0.313 e. The van der Waals surface area contributed by atoms with Gasteiger partial charge in [0, 0.05) is 13.1 Å². The van der Waals surface area contributed by atoms with Crippen LogP contribution in [-0.4, -0.2) is 27.3 Å². The number of benzene rings is 1. The molecule has 1 aromatic rings. The molecule has 0 saturated carbocycles. The molecule has 1 aliphatic rings. The summed E-state index contributed by atoms with van der Waals surface area (Å²) in [7, 11) is -3.10. The minimum absolute atomic E-state index is 0.205. The Labute approximate surface area is 109 Å². The Morgan fingerprint density at radius 1 is 1.33 bits per heavy atom. The zero-order chi connectivity index (χ0) is 13.2. The van der Waals surface area contributed by atoms with E-state index in [4.69, 9.17) is 0 Å². The van der Waals surface area contributed by atoms with Crippen molar-refractivity contribution < 1.29 is 8.42 Å². The van der Waals surface area contributed by atoms with Gasteiger partial charge in [-0.2, -0.15) is 0 Å². The maximum absolute atomic E-state index is 11.9. The Bertz CT molecular complexity index is 496. The first-order valence-corrected chi connectivity index (χ1v) is 7.94. The predicted molar refractivity (Wildman–Crippen MR) is 74.1 cm³/mol. The van der Waals surface area contributed by atoms with E-state index in [0.29, 0.717) is 6.54 Å². The van der Waals surface area contributed by atoms with Crippen molar-refractivity contribution in [2.75, 3.05) is 23.1 Å². The highest BCUT2D eigenvalue weighted by Gasteiger charge is 2.33. The van der Waals surface area contributed by atoms with Crippen molar-refractivity contribution in [2.45, 2.75) is 20.4 Å². The molecule has 0 bridgehead atoms. The number of sulfonamides is 1. The molecule has 0 spiro atoms. The number of hydrogen-bond acceptors (Lipinski definition) is 3. The first kappa shape index (κ1) is 13.4. The normalized spacial score (nSPS) is 22.3. The Morgan fingerprint density at radius 2 is 2.00 bits per heavy atom. The van der Waals surface area contributed by atoms with Crippen molar-refractivity contribution in [1.82, 2.24) is 5.32 Å². The summed E-state index contributed by atoms with van der Waals surface area (Å²) in [5.41, 5.74) is 1.95. The second-order valence-corrected chi connectivity index (χ2v) is 6.80. The van der Waals surface area contributed by atoms with Crippen LogP contribution in [0.5, 0.6) is 0 Å². The van der Waals surface area contributed by atoms with Crippen LogP contribution in [0.4, 0.5) is 5.69 Å². The fourth-order valence-corrected chi connectivity index (χ4v) is 4.14. The summed E-state index contributed by atoms with van der Waals surface area (Å²) in [6, 6.07) is 7.75. The van der Waals surface area contributed by atoms with Crippen LogP contribution in [0.25, 0.3) is 0 Å². The Balaban J connectivity index is 2.15. The van der Waals surface area contributed by atoms with Gasteiger partial charge in [-0.1, -0.05) is 26.0 Å². The predicted octanol–water partition coefficient (Wildman–Crippen LogP) is 1.58. The molecule has 5 heteroatoms. The molecule has 0 radical (unpaired) electrons. The van der Waals surface area contributed by atoms with Crippen molar-refractivity contribution >= 4 is 15.7 Å². The lowest BCUT2D eigenvalue weighted by Crippen LogP contribution is -2.25. The Morgan fingerprint density at radius 3 is 2.50 bits per heavy atom. The average molecular weight is 268 g/mol. The molecule has 0 aromatic heterocycles. The van der Waals surface area contributed by atoms with Gasteiger partial charge in [-0.3, -0.25) is 4.31 Å². The van der Waals surface area contributed by atoms with Gasteiger partial charge < -0.3 is 5.32 Å². The maximum atomic E-state index is 11.9. The summed E-state index contributed by atoms with van der Waals surface area (Å²) >= 11 is 0. The quantitative estimate of drug-likeness (QED) is 0.902. The van der Waals surface area contributed by atoms with Crippen LogP contribution in [0.1, 0.15) is 19.4 Å². The van der Waals surface area contributed by atoms with Gasteiger partial charge in [0.15, 0.2) is 0 Å². The van der Waals surface area contributed by atoms with E-state index in [-0.39, 0.29) is 11.7 Å². The van der Waals surface area contributed by atoms with Gasteiger partial charge >= 0.3 is 0 Å². The SMILES string of the molecule is CCNCc1ccc(N2CC(C)CS2(=O)=O)cc1. The lowest BCUT2D eigenvalue weighted by Gasteiger charge is -2.17. The van der Waals surface area contributed by atoms with Crippen LogP contribution in [0, 0.1) is 5.92 Å². The standard InChI is InChI=1S/C13H20N2O2S/c1-3-14-8-12-4-6-13(7-5-12)15-9-11(2)10-18(15,16)17/h4-7,11,14H,3,8-10H2,1-2H3. The van der Waals surface area contributed by atoms with E-state index >= 15 is 0 Å². The smallest absolute Gasteiger partial charge is 0.235 e. The molecule has 1 unspecified atom stereocenters. The zero-order valence-corrected chi connectivity index (χ0v) is 11.7. The zero-order valence-electron chi connectivity index (χ0n) is 10.9. The number of rotatable bonds is 4. The molecule has 2 rings (SSSR count). The Hall–Kier alpha value is -1.07. The van der Waals surface area contributed by atoms with E-state index in [1.165, 1.54) is 9.87 Å². The monoisotopic (exact) mass is 268 g/mol. The van der Waals surface area contributed by atoms with Crippen molar-refractivity contribution in [1.29, 1.82) is 0 Å². The molecule has 4 nitrogen and oxygen atoms in total. The van der Waals surface area contributed by atoms with Gasteiger partial charge in [-0.15, -0.1) is 0 Å². The maximum Gasteiger partial charge on any atom is 0.235 e. The van der Waals surface area contributed by atoms with Gasteiger partial charge in [0.2, 0.25) is 10.0 Å². The fraction of sp³-hybridized carbons (Fsp3) is 0.538. The van der Waals surface area contributed by atoms with Crippen LogP contribution >= 0.6 is 0 Å². The molecule has 0 aliphatic carbocycles. The molecule has 18 heavy (non-hydrogen) atoms.